The summed E-state index contributed by atoms with van der Waals surface area (Å²) >= 11 is 1.26. The Kier molecular flexibility index (Phi) is 6.17. The monoisotopic (exact) mass is 415 g/mol. The second-order valence-corrected chi connectivity index (χ2v) is 7.13. The zero-order valence-electron chi connectivity index (χ0n) is 16.5. The Morgan fingerprint density at radius 1 is 1.17 bits per heavy atom. The van der Waals surface area contributed by atoms with Gasteiger partial charge >= 0.3 is 0 Å². The van der Waals surface area contributed by atoms with Gasteiger partial charge in [0.05, 0.1) is 12.9 Å². The molecule has 2 heterocycles. The lowest BCUT2D eigenvalue weighted by molar-refractivity contribution is -0.114. The van der Waals surface area contributed by atoms with Gasteiger partial charge in [-0.05, 0) is 18.2 Å². The molecule has 0 atom stereocenters. The van der Waals surface area contributed by atoms with Crippen LogP contribution in [0.15, 0.2) is 35.6 Å². The van der Waals surface area contributed by atoms with Crippen molar-refractivity contribution in [2.45, 2.75) is 12.1 Å². The van der Waals surface area contributed by atoms with Crippen molar-refractivity contribution >= 4 is 35.0 Å². The van der Waals surface area contributed by atoms with Crippen molar-refractivity contribution in [3.63, 3.8) is 0 Å². The molecule has 0 aliphatic carbocycles. The topological polar surface area (TPSA) is 116 Å². The van der Waals surface area contributed by atoms with E-state index in [1.807, 2.05) is 7.05 Å². The van der Waals surface area contributed by atoms with Crippen LogP contribution in [0.4, 0.5) is 11.4 Å². The van der Waals surface area contributed by atoms with E-state index in [0.29, 0.717) is 28.2 Å². The zero-order valence-corrected chi connectivity index (χ0v) is 17.3. The van der Waals surface area contributed by atoms with Gasteiger partial charge in [0.15, 0.2) is 11.0 Å². The van der Waals surface area contributed by atoms with Gasteiger partial charge < -0.3 is 19.9 Å². The number of methoxy groups -OCH3 is 1. The molecule has 0 saturated carbocycles. The van der Waals surface area contributed by atoms with E-state index in [2.05, 4.69) is 25.9 Å². The number of hydrogen-bond acceptors (Lipinski definition) is 7. The largest absolute Gasteiger partial charge is 0.479 e. The third-order valence-corrected chi connectivity index (χ3v) is 4.88. The fourth-order valence-electron chi connectivity index (χ4n) is 2.65. The number of nitrogens with zero attached hydrogens (tertiary/aromatic N) is 5. The summed E-state index contributed by atoms with van der Waals surface area (Å²) in [7, 11) is 5.16. The summed E-state index contributed by atoms with van der Waals surface area (Å²) in [6, 6.07) is 6.95. The number of aromatic nitrogens is 5. The average Bonchev–Trinajstić information content (AvgIpc) is 3.21. The van der Waals surface area contributed by atoms with Gasteiger partial charge in [0.2, 0.25) is 17.7 Å². The Balaban J connectivity index is 1.64. The van der Waals surface area contributed by atoms with E-state index in [1.54, 1.807) is 53.9 Å². The molecule has 152 valence electrons. The molecule has 29 heavy (non-hydrogen) atoms. The highest BCUT2D eigenvalue weighted by atomic mass is 32.2. The van der Waals surface area contributed by atoms with Gasteiger partial charge in [-0.25, -0.2) is 0 Å². The molecule has 0 aliphatic rings. The lowest BCUT2D eigenvalue weighted by Gasteiger charge is -2.08. The van der Waals surface area contributed by atoms with E-state index in [9.17, 15) is 9.59 Å². The number of thioether (sulfide) groups is 1. The van der Waals surface area contributed by atoms with Gasteiger partial charge in [0.25, 0.3) is 0 Å². The summed E-state index contributed by atoms with van der Waals surface area (Å²) in [5, 5.41) is 18.6. The number of anilines is 2. The standard InChI is InChI=1S/C18H21N7O3S/c1-11(26)19-12-6-5-7-13(8-12)20-15(27)10-29-18-22-21-16(25(18)3)14-9-24(2)23-17(14)28-4/h5-9H,10H2,1-4H3,(H,19,26)(H,20,27). The van der Waals surface area contributed by atoms with Crippen LogP contribution in [0.2, 0.25) is 0 Å². The molecule has 0 fully saturated rings. The number of ether oxygens (including phenoxy) is 1. The number of benzene rings is 1. The molecule has 0 bridgehead atoms. The van der Waals surface area contributed by atoms with Gasteiger partial charge in [-0.3, -0.25) is 14.3 Å². The molecule has 10 nitrogen and oxygen atoms in total. The maximum atomic E-state index is 12.3. The number of rotatable bonds is 7. The molecule has 2 aromatic heterocycles. The molecular formula is C18H21N7O3S. The van der Waals surface area contributed by atoms with Crippen molar-refractivity contribution < 1.29 is 14.3 Å². The Bertz CT molecular complexity index is 1040. The Hall–Kier alpha value is -3.34. The van der Waals surface area contributed by atoms with E-state index in [0.717, 1.165) is 5.56 Å². The fraction of sp³-hybridized carbons (Fsp3) is 0.278. The number of nitrogens with one attached hydrogen (secondary N) is 2. The van der Waals surface area contributed by atoms with Crippen molar-refractivity contribution in [2.24, 2.45) is 14.1 Å². The first-order chi connectivity index (χ1) is 13.9. The Labute approximate surface area is 171 Å². The molecule has 0 unspecified atom stereocenters. The van der Waals surface area contributed by atoms with Crippen molar-refractivity contribution in [1.29, 1.82) is 0 Å². The molecular weight excluding hydrogens is 394 g/mol. The summed E-state index contributed by atoms with van der Waals surface area (Å²) in [5.41, 5.74) is 1.93. The number of carbonyl (C=O) groups is 2. The highest BCUT2D eigenvalue weighted by Gasteiger charge is 2.19. The molecule has 0 aliphatic heterocycles. The molecule has 2 N–H and O–H groups in total. The second-order valence-electron chi connectivity index (χ2n) is 6.19. The Morgan fingerprint density at radius 3 is 2.59 bits per heavy atom. The predicted molar refractivity (Wildman–Crippen MR) is 110 cm³/mol. The minimum Gasteiger partial charge on any atom is -0.479 e. The zero-order chi connectivity index (χ0) is 21.0. The maximum Gasteiger partial charge on any atom is 0.243 e. The highest BCUT2D eigenvalue weighted by Crippen LogP contribution is 2.29. The second kappa shape index (κ2) is 8.78. The Morgan fingerprint density at radius 2 is 1.90 bits per heavy atom. The van der Waals surface area contributed by atoms with E-state index in [4.69, 9.17) is 4.74 Å². The normalized spacial score (nSPS) is 10.6. The van der Waals surface area contributed by atoms with Crippen LogP contribution >= 0.6 is 11.8 Å². The smallest absolute Gasteiger partial charge is 0.243 e. The SMILES string of the molecule is COc1nn(C)cc1-c1nnc(SCC(=O)Nc2cccc(NC(C)=O)c2)n1C. The molecule has 11 heteroatoms. The van der Waals surface area contributed by atoms with Gasteiger partial charge in [0.1, 0.15) is 5.56 Å². The molecule has 2 amide bonds. The quantitative estimate of drug-likeness (QED) is 0.566. The van der Waals surface area contributed by atoms with Gasteiger partial charge in [-0.2, -0.15) is 0 Å². The minimum absolute atomic E-state index is 0.153. The first-order valence-corrected chi connectivity index (χ1v) is 9.63. The van der Waals surface area contributed by atoms with Crippen LogP contribution in [0.3, 0.4) is 0 Å². The van der Waals surface area contributed by atoms with Crippen molar-refractivity contribution in [2.75, 3.05) is 23.5 Å². The molecule has 3 aromatic rings. The van der Waals surface area contributed by atoms with Gasteiger partial charge in [-0.1, -0.05) is 17.8 Å². The van der Waals surface area contributed by atoms with Crippen LogP contribution in [0.25, 0.3) is 11.4 Å². The van der Waals surface area contributed by atoms with Gasteiger partial charge in [0, 0.05) is 38.6 Å². The first-order valence-electron chi connectivity index (χ1n) is 8.65. The van der Waals surface area contributed by atoms with Crippen LogP contribution in [0.1, 0.15) is 6.92 Å². The first kappa shape index (κ1) is 20.4. The lowest BCUT2D eigenvalue weighted by Crippen LogP contribution is -2.15. The number of aryl methyl sites for hydroxylation is 1. The summed E-state index contributed by atoms with van der Waals surface area (Å²) in [6.45, 7) is 1.43. The third-order valence-electron chi connectivity index (χ3n) is 3.86. The summed E-state index contributed by atoms with van der Waals surface area (Å²) in [5.74, 6) is 0.837. The van der Waals surface area contributed by atoms with E-state index in [1.165, 1.54) is 18.7 Å². The maximum absolute atomic E-state index is 12.3. The molecule has 0 spiro atoms. The predicted octanol–water partition coefficient (Wildman–Crippen LogP) is 1.91. The summed E-state index contributed by atoms with van der Waals surface area (Å²) < 4.78 is 8.70. The number of carbonyl (C=O) groups excluding carboxylic acids is 2. The number of amides is 2. The third kappa shape index (κ3) is 4.93. The van der Waals surface area contributed by atoms with Crippen LogP contribution in [-0.2, 0) is 23.7 Å². The summed E-state index contributed by atoms with van der Waals surface area (Å²) in [6.07, 6.45) is 1.80. The van der Waals surface area contributed by atoms with Crippen molar-refractivity contribution in [1.82, 2.24) is 24.5 Å². The highest BCUT2D eigenvalue weighted by molar-refractivity contribution is 7.99. The lowest BCUT2D eigenvalue weighted by atomic mass is 10.2. The minimum atomic E-state index is -0.196. The average molecular weight is 415 g/mol. The molecule has 3 rings (SSSR count). The summed E-state index contributed by atoms with van der Waals surface area (Å²) in [4.78, 5) is 23.5. The fourth-order valence-corrected chi connectivity index (χ4v) is 3.36. The molecule has 0 radical (unpaired) electrons. The van der Waals surface area contributed by atoms with E-state index in [-0.39, 0.29) is 17.6 Å². The van der Waals surface area contributed by atoms with Crippen LogP contribution in [0, 0.1) is 0 Å². The number of hydrogen-bond donors (Lipinski definition) is 2. The van der Waals surface area contributed by atoms with E-state index >= 15 is 0 Å². The molecule has 0 saturated heterocycles. The van der Waals surface area contributed by atoms with Crippen LogP contribution < -0.4 is 15.4 Å². The van der Waals surface area contributed by atoms with Crippen molar-refractivity contribution in [3.8, 4) is 17.3 Å². The van der Waals surface area contributed by atoms with Crippen LogP contribution in [0.5, 0.6) is 5.88 Å². The van der Waals surface area contributed by atoms with Gasteiger partial charge in [-0.15, -0.1) is 15.3 Å². The van der Waals surface area contributed by atoms with Crippen molar-refractivity contribution in [3.05, 3.63) is 30.5 Å². The van der Waals surface area contributed by atoms with E-state index < -0.39 is 0 Å². The van der Waals surface area contributed by atoms with Crippen LogP contribution in [-0.4, -0.2) is 49.2 Å². The molecule has 1 aromatic carbocycles.